The van der Waals surface area contributed by atoms with Gasteiger partial charge in [0.05, 0.1) is 30.5 Å². The minimum absolute atomic E-state index is 0.0384. The summed E-state index contributed by atoms with van der Waals surface area (Å²) in [5, 5.41) is 11.3. The fourth-order valence-electron chi connectivity index (χ4n) is 4.15. The molecule has 0 radical (unpaired) electrons. The number of furan rings is 1. The van der Waals surface area contributed by atoms with Gasteiger partial charge in [0.2, 0.25) is 0 Å². The van der Waals surface area contributed by atoms with Crippen LogP contribution in [0, 0.1) is 20.8 Å². The largest absolute Gasteiger partial charge is 0.507 e. The zero-order valence-corrected chi connectivity index (χ0v) is 18.4. The number of carbonyl (C=O) groups excluding carboxylic acids is 2. The predicted octanol–water partition coefficient (Wildman–Crippen LogP) is 4.23. The first-order valence-electron chi connectivity index (χ1n) is 10.2. The number of benzene rings is 1. The van der Waals surface area contributed by atoms with Crippen molar-refractivity contribution in [1.29, 1.82) is 0 Å². The molecule has 1 atom stereocenters. The van der Waals surface area contributed by atoms with E-state index in [9.17, 15) is 14.7 Å². The number of carbonyl (C=O) groups is 2. The maximum atomic E-state index is 13.2. The molecule has 7 heteroatoms. The van der Waals surface area contributed by atoms with E-state index in [1.54, 1.807) is 43.5 Å². The number of Topliss-reactive ketones (excluding diaryl/α,β-unsaturated/α-hetero) is 1. The third kappa shape index (κ3) is 3.66. The molecular weight excluding hydrogens is 408 g/mol. The van der Waals surface area contributed by atoms with Crippen molar-refractivity contribution in [3.05, 3.63) is 88.1 Å². The van der Waals surface area contributed by atoms with Crippen LogP contribution in [0.15, 0.2) is 58.7 Å². The summed E-state index contributed by atoms with van der Waals surface area (Å²) in [6.07, 6.45) is 1.62. The van der Waals surface area contributed by atoms with Crippen molar-refractivity contribution in [3.63, 3.8) is 0 Å². The van der Waals surface area contributed by atoms with Crippen LogP contribution in [-0.2, 0) is 16.1 Å². The van der Waals surface area contributed by atoms with Crippen LogP contribution in [0.4, 0.5) is 0 Å². The van der Waals surface area contributed by atoms with Gasteiger partial charge in [0.15, 0.2) is 0 Å². The molecule has 1 amide bonds. The molecule has 1 aliphatic rings. The van der Waals surface area contributed by atoms with Gasteiger partial charge in [-0.3, -0.25) is 14.6 Å². The molecule has 3 aromatic rings. The van der Waals surface area contributed by atoms with Gasteiger partial charge >= 0.3 is 0 Å². The number of rotatable bonds is 5. The third-order valence-electron chi connectivity index (χ3n) is 5.51. The molecule has 1 aromatic carbocycles. The van der Waals surface area contributed by atoms with Gasteiger partial charge in [-0.25, -0.2) is 0 Å². The summed E-state index contributed by atoms with van der Waals surface area (Å²) in [6.45, 7) is 5.61. The number of aryl methyl sites for hydroxylation is 3. The number of amides is 1. The van der Waals surface area contributed by atoms with Crippen LogP contribution >= 0.6 is 0 Å². The molecule has 4 rings (SSSR count). The summed E-state index contributed by atoms with van der Waals surface area (Å²) < 4.78 is 11.3. The summed E-state index contributed by atoms with van der Waals surface area (Å²) >= 11 is 0. The van der Waals surface area contributed by atoms with E-state index < -0.39 is 17.7 Å². The van der Waals surface area contributed by atoms with E-state index in [0.717, 1.165) is 11.1 Å². The standard InChI is InChI=1S/C25H24N2O5/c1-14-11-15(2)24(31-4)18(12-14)22(28)20-21(19-9-8-16(3)32-19)27(25(30)23(20)29)13-17-7-5-6-10-26-17/h5-12,21,28H,13H2,1-4H3/b22-20+. The van der Waals surface area contributed by atoms with E-state index in [-0.39, 0.29) is 17.9 Å². The van der Waals surface area contributed by atoms with E-state index in [2.05, 4.69) is 4.98 Å². The summed E-state index contributed by atoms with van der Waals surface area (Å²) in [4.78, 5) is 31.9. The third-order valence-corrected chi connectivity index (χ3v) is 5.51. The Morgan fingerprint density at radius 2 is 1.94 bits per heavy atom. The van der Waals surface area contributed by atoms with Gasteiger partial charge in [-0.2, -0.15) is 0 Å². The Kier molecular flexibility index (Phi) is 5.57. The van der Waals surface area contributed by atoms with Crippen molar-refractivity contribution in [3.8, 4) is 5.75 Å². The summed E-state index contributed by atoms with van der Waals surface area (Å²) in [7, 11) is 1.50. The molecule has 164 valence electrons. The Hall–Kier alpha value is -3.87. The number of hydrogen-bond donors (Lipinski definition) is 1. The van der Waals surface area contributed by atoms with E-state index in [4.69, 9.17) is 9.15 Å². The lowest BCUT2D eigenvalue weighted by Crippen LogP contribution is -2.29. The van der Waals surface area contributed by atoms with Gasteiger partial charge in [0.25, 0.3) is 11.7 Å². The van der Waals surface area contributed by atoms with Gasteiger partial charge in [0.1, 0.15) is 29.1 Å². The number of pyridine rings is 1. The summed E-state index contributed by atoms with van der Waals surface area (Å²) in [6, 6.07) is 11.6. The molecule has 1 unspecified atom stereocenters. The highest BCUT2D eigenvalue weighted by Gasteiger charge is 2.48. The second-order valence-electron chi connectivity index (χ2n) is 7.86. The molecule has 2 aromatic heterocycles. The van der Waals surface area contributed by atoms with Gasteiger partial charge in [-0.05, 0) is 62.2 Å². The lowest BCUT2D eigenvalue weighted by atomic mass is 9.96. The minimum Gasteiger partial charge on any atom is -0.507 e. The zero-order valence-electron chi connectivity index (χ0n) is 18.4. The Bertz CT molecular complexity index is 1230. The van der Waals surface area contributed by atoms with E-state index in [1.807, 2.05) is 26.0 Å². The highest BCUT2D eigenvalue weighted by Crippen LogP contribution is 2.42. The van der Waals surface area contributed by atoms with Crippen LogP contribution in [-0.4, -0.2) is 33.8 Å². The highest BCUT2D eigenvalue weighted by molar-refractivity contribution is 6.46. The molecule has 0 bridgehead atoms. The zero-order chi connectivity index (χ0) is 23.0. The van der Waals surface area contributed by atoms with Crippen molar-refractivity contribution < 1.29 is 23.8 Å². The summed E-state index contributed by atoms with van der Waals surface area (Å²) in [5.74, 6) is -0.332. The molecule has 7 nitrogen and oxygen atoms in total. The number of aliphatic hydroxyl groups is 1. The summed E-state index contributed by atoms with van der Waals surface area (Å²) in [5.41, 5.74) is 2.63. The Morgan fingerprint density at radius 3 is 2.56 bits per heavy atom. The van der Waals surface area contributed by atoms with Gasteiger partial charge < -0.3 is 19.2 Å². The van der Waals surface area contributed by atoms with Gasteiger partial charge in [-0.15, -0.1) is 0 Å². The van der Waals surface area contributed by atoms with Gasteiger partial charge in [0, 0.05) is 6.20 Å². The quantitative estimate of drug-likeness (QED) is 0.368. The maximum absolute atomic E-state index is 13.2. The normalized spacial score (nSPS) is 17.8. The number of nitrogens with zero attached hydrogens (tertiary/aromatic N) is 2. The Labute approximate surface area is 186 Å². The highest BCUT2D eigenvalue weighted by atomic mass is 16.5. The minimum atomic E-state index is -0.892. The van der Waals surface area contributed by atoms with Crippen LogP contribution in [0.25, 0.3) is 5.76 Å². The number of aromatic nitrogens is 1. The first-order valence-corrected chi connectivity index (χ1v) is 10.2. The van der Waals surface area contributed by atoms with Crippen LogP contribution < -0.4 is 4.74 Å². The smallest absolute Gasteiger partial charge is 0.296 e. The lowest BCUT2D eigenvalue weighted by Gasteiger charge is -2.23. The van der Waals surface area contributed by atoms with Crippen LogP contribution in [0.3, 0.4) is 0 Å². The Balaban J connectivity index is 1.92. The first-order chi connectivity index (χ1) is 15.3. The molecule has 1 N–H and O–H groups in total. The van der Waals surface area contributed by atoms with Crippen molar-refractivity contribution in [2.24, 2.45) is 0 Å². The predicted molar refractivity (Wildman–Crippen MR) is 118 cm³/mol. The molecule has 1 saturated heterocycles. The fraction of sp³-hybridized carbons (Fsp3) is 0.240. The number of likely N-dealkylation sites (tertiary alicyclic amines) is 1. The van der Waals surface area contributed by atoms with Crippen molar-refractivity contribution >= 4 is 17.4 Å². The van der Waals surface area contributed by atoms with E-state index in [1.165, 1.54) is 12.0 Å². The van der Waals surface area contributed by atoms with Crippen molar-refractivity contribution in [1.82, 2.24) is 9.88 Å². The average molecular weight is 432 g/mol. The van der Waals surface area contributed by atoms with Gasteiger partial charge in [-0.1, -0.05) is 12.1 Å². The maximum Gasteiger partial charge on any atom is 0.296 e. The topological polar surface area (TPSA) is 92.9 Å². The second kappa shape index (κ2) is 8.34. The number of ether oxygens (including phenoxy) is 1. The molecule has 0 spiro atoms. The molecule has 3 heterocycles. The number of ketones is 1. The number of methoxy groups -OCH3 is 1. The monoisotopic (exact) mass is 432 g/mol. The molecule has 32 heavy (non-hydrogen) atoms. The van der Waals surface area contributed by atoms with Crippen LogP contribution in [0.2, 0.25) is 0 Å². The average Bonchev–Trinajstić information content (AvgIpc) is 3.30. The fourth-order valence-corrected chi connectivity index (χ4v) is 4.15. The van der Waals surface area contributed by atoms with Crippen molar-refractivity contribution in [2.45, 2.75) is 33.4 Å². The second-order valence-corrected chi connectivity index (χ2v) is 7.86. The van der Waals surface area contributed by atoms with Crippen LogP contribution in [0.5, 0.6) is 5.75 Å². The van der Waals surface area contributed by atoms with Crippen LogP contribution in [0.1, 0.15) is 39.9 Å². The molecular formula is C25H24N2O5. The van der Waals surface area contributed by atoms with E-state index >= 15 is 0 Å². The first kappa shape index (κ1) is 21.4. The Morgan fingerprint density at radius 1 is 1.16 bits per heavy atom. The number of hydrogen-bond acceptors (Lipinski definition) is 6. The molecule has 1 fully saturated rings. The van der Waals surface area contributed by atoms with E-state index in [0.29, 0.717) is 28.5 Å². The van der Waals surface area contributed by atoms with Crippen molar-refractivity contribution in [2.75, 3.05) is 7.11 Å². The molecule has 0 aliphatic carbocycles. The number of aliphatic hydroxyl groups excluding tert-OH is 1. The molecule has 1 aliphatic heterocycles. The molecule has 0 saturated carbocycles. The lowest BCUT2D eigenvalue weighted by molar-refractivity contribution is -0.140. The SMILES string of the molecule is COc1c(C)cc(C)cc1/C(O)=C1\C(=O)C(=O)N(Cc2ccccn2)C1c1ccc(C)o1.